The Balaban J connectivity index is 1.89. The van der Waals surface area contributed by atoms with E-state index in [2.05, 4.69) is 4.98 Å². The zero-order valence-corrected chi connectivity index (χ0v) is 12.5. The third-order valence-electron chi connectivity index (χ3n) is 3.48. The molecular formula is C18H16N2O2. The Kier molecular flexibility index (Phi) is 3.74. The van der Waals surface area contributed by atoms with E-state index in [1.165, 1.54) is 0 Å². The molecule has 22 heavy (non-hydrogen) atoms. The van der Waals surface area contributed by atoms with Crippen molar-refractivity contribution in [3.63, 3.8) is 0 Å². The van der Waals surface area contributed by atoms with Gasteiger partial charge in [-0.2, -0.15) is 0 Å². The highest BCUT2D eigenvalue weighted by molar-refractivity contribution is 6.07. The van der Waals surface area contributed by atoms with E-state index >= 15 is 0 Å². The number of nitrogens with zero attached hydrogens (tertiary/aromatic N) is 2. The van der Waals surface area contributed by atoms with Gasteiger partial charge in [0.2, 0.25) is 5.78 Å². The molecule has 4 heteroatoms. The molecule has 0 N–H and O–H groups in total. The number of aromatic nitrogens is 2. The Labute approximate surface area is 128 Å². The molecule has 0 aliphatic carbocycles. The molecule has 0 amide bonds. The molecule has 0 saturated heterocycles. The van der Waals surface area contributed by atoms with Crippen LogP contribution in [0, 0.1) is 6.92 Å². The molecule has 0 aliphatic heterocycles. The number of hydrogen-bond donors (Lipinski definition) is 0. The minimum Gasteiger partial charge on any atom is -0.497 e. The van der Waals surface area contributed by atoms with Crippen LogP contribution in [0.4, 0.5) is 0 Å². The molecule has 0 saturated carbocycles. The molecule has 0 radical (unpaired) electrons. The summed E-state index contributed by atoms with van der Waals surface area (Å²) in [6.07, 6.45) is 5.22. The van der Waals surface area contributed by atoms with E-state index in [1.807, 2.05) is 60.0 Å². The smallest absolute Gasteiger partial charge is 0.204 e. The number of allylic oxidation sites excluding steroid dienone is 1. The molecule has 0 atom stereocenters. The lowest BCUT2D eigenvalue weighted by Gasteiger charge is -2.00. The Morgan fingerprint density at radius 3 is 2.68 bits per heavy atom. The van der Waals surface area contributed by atoms with Gasteiger partial charge in [0.1, 0.15) is 17.1 Å². The number of methoxy groups -OCH3 is 1. The molecule has 0 spiro atoms. The predicted molar refractivity (Wildman–Crippen MR) is 86.3 cm³/mol. The van der Waals surface area contributed by atoms with Gasteiger partial charge in [-0.25, -0.2) is 4.98 Å². The van der Waals surface area contributed by atoms with Crippen molar-refractivity contribution in [1.82, 2.24) is 9.38 Å². The number of rotatable bonds is 4. The zero-order valence-electron chi connectivity index (χ0n) is 12.5. The first kappa shape index (κ1) is 14.1. The molecule has 2 aromatic heterocycles. The van der Waals surface area contributed by atoms with Crippen molar-refractivity contribution in [3.05, 3.63) is 71.7 Å². The molecule has 3 rings (SSSR count). The van der Waals surface area contributed by atoms with Gasteiger partial charge in [0.15, 0.2) is 0 Å². The van der Waals surface area contributed by atoms with Gasteiger partial charge in [0, 0.05) is 6.20 Å². The highest BCUT2D eigenvalue weighted by Crippen LogP contribution is 2.15. The van der Waals surface area contributed by atoms with Gasteiger partial charge in [-0.05, 0) is 42.8 Å². The topological polar surface area (TPSA) is 43.6 Å². The van der Waals surface area contributed by atoms with E-state index < -0.39 is 0 Å². The van der Waals surface area contributed by atoms with E-state index in [-0.39, 0.29) is 5.78 Å². The summed E-state index contributed by atoms with van der Waals surface area (Å²) in [5.74, 6) is 0.730. The number of carbonyl (C=O) groups is 1. The molecule has 0 fully saturated rings. The third-order valence-corrected chi connectivity index (χ3v) is 3.48. The second kappa shape index (κ2) is 5.85. The lowest BCUT2D eigenvalue weighted by atomic mass is 10.1. The number of ketones is 1. The molecule has 0 bridgehead atoms. The molecule has 0 unspecified atom stereocenters. The fourth-order valence-corrected chi connectivity index (χ4v) is 2.38. The predicted octanol–water partition coefficient (Wildman–Crippen LogP) is 3.55. The van der Waals surface area contributed by atoms with Crippen molar-refractivity contribution in [2.45, 2.75) is 6.92 Å². The highest BCUT2D eigenvalue weighted by Gasteiger charge is 2.13. The molecule has 3 aromatic rings. The number of benzene rings is 1. The quantitative estimate of drug-likeness (QED) is 0.545. The van der Waals surface area contributed by atoms with Crippen LogP contribution in [0.5, 0.6) is 5.75 Å². The summed E-state index contributed by atoms with van der Waals surface area (Å²) in [5.41, 5.74) is 3.05. The number of ether oxygens (including phenoxy) is 1. The van der Waals surface area contributed by atoms with Crippen LogP contribution in [-0.4, -0.2) is 22.3 Å². The van der Waals surface area contributed by atoms with Crippen molar-refractivity contribution in [2.75, 3.05) is 7.11 Å². The first-order valence-corrected chi connectivity index (χ1v) is 6.99. The molecule has 0 aliphatic rings. The normalized spacial score (nSPS) is 11.2. The minimum absolute atomic E-state index is 0.0629. The summed E-state index contributed by atoms with van der Waals surface area (Å²) >= 11 is 0. The summed E-state index contributed by atoms with van der Waals surface area (Å²) in [7, 11) is 1.63. The van der Waals surface area contributed by atoms with Gasteiger partial charge in [0.25, 0.3) is 0 Å². The van der Waals surface area contributed by atoms with Gasteiger partial charge < -0.3 is 4.74 Å². The van der Waals surface area contributed by atoms with Crippen LogP contribution in [-0.2, 0) is 0 Å². The number of carbonyl (C=O) groups excluding carboxylic acids is 1. The Morgan fingerprint density at radius 1 is 1.18 bits per heavy atom. The van der Waals surface area contributed by atoms with Crippen molar-refractivity contribution >= 4 is 17.5 Å². The van der Waals surface area contributed by atoms with Crippen LogP contribution in [0.15, 0.2) is 54.7 Å². The van der Waals surface area contributed by atoms with Crippen LogP contribution in [0.25, 0.3) is 11.7 Å². The Bertz CT molecular complexity index is 845. The minimum atomic E-state index is -0.0629. The Hall–Kier alpha value is -2.88. The second-order valence-corrected chi connectivity index (χ2v) is 4.95. The maximum absolute atomic E-state index is 12.5. The van der Waals surface area contributed by atoms with Crippen molar-refractivity contribution < 1.29 is 9.53 Å². The lowest BCUT2D eigenvalue weighted by Crippen LogP contribution is -2.01. The molecule has 110 valence electrons. The number of fused-ring (bicyclic) bond motifs is 1. The van der Waals surface area contributed by atoms with E-state index in [0.717, 1.165) is 22.7 Å². The molecule has 4 nitrogen and oxygen atoms in total. The largest absolute Gasteiger partial charge is 0.497 e. The number of hydrogen-bond acceptors (Lipinski definition) is 3. The van der Waals surface area contributed by atoms with Gasteiger partial charge in [-0.1, -0.05) is 24.3 Å². The molecular weight excluding hydrogens is 276 g/mol. The van der Waals surface area contributed by atoms with Gasteiger partial charge in [-0.3, -0.25) is 9.20 Å². The number of imidazole rings is 1. The first-order chi connectivity index (χ1) is 10.7. The standard InChI is InChI=1S/C18H16N2O2/c1-13-18(20-12-4-3-5-17(20)19-13)16(21)11-8-14-6-9-15(22-2)10-7-14/h3-12H,1-2H3/b11-8+. The summed E-state index contributed by atoms with van der Waals surface area (Å²) in [6.45, 7) is 1.85. The number of pyridine rings is 1. The van der Waals surface area contributed by atoms with E-state index in [4.69, 9.17) is 4.74 Å². The average Bonchev–Trinajstić information content (AvgIpc) is 2.89. The van der Waals surface area contributed by atoms with Gasteiger partial charge >= 0.3 is 0 Å². The molecule has 2 heterocycles. The summed E-state index contributed by atoms with van der Waals surface area (Å²) < 4.78 is 6.93. The lowest BCUT2D eigenvalue weighted by molar-refractivity contribution is 0.104. The monoisotopic (exact) mass is 292 g/mol. The third kappa shape index (κ3) is 2.63. The zero-order chi connectivity index (χ0) is 15.5. The summed E-state index contributed by atoms with van der Waals surface area (Å²) in [5, 5.41) is 0. The van der Waals surface area contributed by atoms with E-state index in [1.54, 1.807) is 19.3 Å². The van der Waals surface area contributed by atoms with Crippen LogP contribution in [0.2, 0.25) is 0 Å². The second-order valence-electron chi connectivity index (χ2n) is 4.95. The van der Waals surface area contributed by atoms with Crippen LogP contribution in [0.3, 0.4) is 0 Å². The van der Waals surface area contributed by atoms with Crippen molar-refractivity contribution in [1.29, 1.82) is 0 Å². The van der Waals surface area contributed by atoms with E-state index in [9.17, 15) is 4.79 Å². The summed E-state index contributed by atoms with van der Waals surface area (Å²) in [6, 6.07) is 13.2. The fraction of sp³-hybridized carbons (Fsp3) is 0.111. The van der Waals surface area contributed by atoms with Gasteiger partial charge in [-0.15, -0.1) is 0 Å². The average molecular weight is 292 g/mol. The van der Waals surface area contributed by atoms with Gasteiger partial charge in [0.05, 0.1) is 12.8 Å². The SMILES string of the molecule is COc1ccc(/C=C/C(=O)c2c(C)nc3ccccn23)cc1. The van der Waals surface area contributed by atoms with Crippen molar-refractivity contribution in [3.8, 4) is 5.75 Å². The number of aryl methyl sites for hydroxylation is 1. The van der Waals surface area contributed by atoms with Crippen LogP contribution < -0.4 is 4.74 Å². The fourth-order valence-electron chi connectivity index (χ4n) is 2.38. The maximum atomic E-state index is 12.5. The van der Waals surface area contributed by atoms with E-state index in [0.29, 0.717) is 5.69 Å². The maximum Gasteiger partial charge on any atom is 0.204 e. The highest BCUT2D eigenvalue weighted by atomic mass is 16.5. The Morgan fingerprint density at radius 2 is 1.95 bits per heavy atom. The first-order valence-electron chi connectivity index (χ1n) is 6.99. The van der Waals surface area contributed by atoms with Crippen LogP contribution in [0.1, 0.15) is 21.7 Å². The van der Waals surface area contributed by atoms with Crippen molar-refractivity contribution in [2.24, 2.45) is 0 Å². The van der Waals surface area contributed by atoms with Crippen LogP contribution >= 0.6 is 0 Å². The molecule has 1 aromatic carbocycles. The summed E-state index contributed by atoms with van der Waals surface area (Å²) in [4.78, 5) is 16.9.